The lowest BCUT2D eigenvalue weighted by Gasteiger charge is -2.09. The van der Waals surface area contributed by atoms with Gasteiger partial charge in [0.1, 0.15) is 23.9 Å². The van der Waals surface area contributed by atoms with E-state index in [1.807, 2.05) is 0 Å². The first-order chi connectivity index (χ1) is 9.60. The van der Waals surface area contributed by atoms with Crippen molar-refractivity contribution < 1.29 is 23.8 Å². The Bertz CT molecular complexity index is 625. The van der Waals surface area contributed by atoms with Crippen LogP contribution in [0.3, 0.4) is 0 Å². The Morgan fingerprint density at radius 1 is 1.20 bits per heavy atom. The summed E-state index contributed by atoms with van der Waals surface area (Å²) in [7, 11) is 1.55. The maximum atomic E-state index is 13.7. The number of aromatic carboxylic acids is 1. The molecule has 0 aromatic heterocycles. The molecule has 104 valence electrons. The normalized spacial score (nSPS) is 10.1. The Morgan fingerprint density at radius 2 is 1.95 bits per heavy atom. The van der Waals surface area contributed by atoms with E-state index in [-0.39, 0.29) is 17.7 Å². The third kappa shape index (κ3) is 3.26. The molecule has 0 bridgehead atoms. The van der Waals surface area contributed by atoms with Gasteiger partial charge >= 0.3 is 5.97 Å². The van der Waals surface area contributed by atoms with Gasteiger partial charge in [-0.05, 0) is 24.3 Å². The quantitative estimate of drug-likeness (QED) is 0.911. The molecular weight excluding hydrogens is 263 g/mol. The van der Waals surface area contributed by atoms with Gasteiger partial charge in [-0.1, -0.05) is 12.1 Å². The van der Waals surface area contributed by atoms with Gasteiger partial charge < -0.3 is 14.6 Å². The summed E-state index contributed by atoms with van der Waals surface area (Å²) in [5.41, 5.74) is 0.199. The number of carboxylic acid groups (broad SMARTS) is 1. The van der Waals surface area contributed by atoms with Crippen LogP contribution in [0.4, 0.5) is 4.39 Å². The predicted molar refractivity (Wildman–Crippen MR) is 70.7 cm³/mol. The Balaban J connectivity index is 2.08. The first-order valence-electron chi connectivity index (χ1n) is 5.88. The van der Waals surface area contributed by atoms with Crippen LogP contribution in [0.5, 0.6) is 11.5 Å². The summed E-state index contributed by atoms with van der Waals surface area (Å²) in [6, 6.07) is 10.7. The van der Waals surface area contributed by atoms with Crippen LogP contribution < -0.4 is 9.47 Å². The third-order valence-corrected chi connectivity index (χ3v) is 2.74. The van der Waals surface area contributed by atoms with E-state index >= 15 is 0 Å². The van der Waals surface area contributed by atoms with Crippen LogP contribution in [0.2, 0.25) is 0 Å². The van der Waals surface area contributed by atoms with Crippen molar-refractivity contribution in [3.63, 3.8) is 0 Å². The van der Waals surface area contributed by atoms with Crippen molar-refractivity contribution in [1.82, 2.24) is 0 Å². The van der Waals surface area contributed by atoms with Crippen LogP contribution in [0.1, 0.15) is 15.9 Å². The van der Waals surface area contributed by atoms with Crippen LogP contribution in [0.15, 0.2) is 42.5 Å². The zero-order valence-corrected chi connectivity index (χ0v) is 10.8. The molecule has 0 heterocycles. The summed E-state index contributed by atoms with van der Waals surface area (Å²) >= 11 is 0. The van der Waals surface area contributed by atoms with Gasteiger partial charge in [-0.25, -0.2) is 9.18 Å². The first kappa shape index (κ1) is 13.9. The number of carbonyl (C=O) groups is 1. The van der Waals surface area contributed by atoms with Crippen molar-refractivity contribution in [2.45, 2.75) is 6.61 Å². The smallest absolute Gasteiger partial charge is 0.335 e. The average Bonchev–Trinajstić information content (AvgIpc) is 2.46. The second kappa shape index (κ2) is 6.06. The Hall–Kier alpha value is -2.56. The van der Waals surface area contributed by atoms with Gasteiger partial charge in [0.2, 0.25) is 0 Å². The Labute approximate surface area is 115 Å². The number of ether oxygens (including phenoxy) is 2. The maximum Gasteiger partial charge on any atom is 0.335 e. The van der Waals surface area contributed by atoms with E-state index in [1.165, 1.54) is 12.1 Å². The molecule has 0 aliphatic carbocycles. The van der Waals surface area contributed by atoms with E-state index in [2.05, 4.69) is 0 Å². The molecule has 2 rings (SSSR count). The van der Waals surface area contributed by atoms with Gasteiger partial charge in [0.05, 0.1) is 12.7 Å². The summed E-state index contributed by atoms with van der Waals surface area (Å²) in [5, 5.41) is 8.75. The predicted octanol–water partition coefficient (Wildman–Crippen LogP) is 3.11. The molecule has 20 heavy (non-hydrogen) atoms. The lowest BCUT2D eigenvalue weighted by molar-refractivity contribution is 0.0696. The van der Waals surface area contributed by atoms with Gasteiger partial charge in [0.25, 0.3) is 0 Å². The fourth-order valence-corrected chi connectivity index (χ4v) is 1.65. The minimum Gasteiger partial charge on any atom is -0.497 e. The second-order valence-electron chi connectivity index (χ2n) is 4.08. The molecule has 0 aliphatic heterocycles. The molecule has 2 aromatic carbocycles. The topological polar surface area (TPSA) is 55.8 Å². The molecule has 1 N–H and O–H groups in total. The highest BCUT2D eigenvalue weighted by Crippen LogP contribution is 2.20. The monoisotopic (exact) mass is 276 g/mol. The lowest BCUT2D eigenvalue weighted by atomic mass is 10.1. The van der Waals surface area contributed by atoms with Gasteiger partial charge in [0.15, 0.2) is 0 Å². The number of benzene rings is 2. The third-order valence-electron chi connectivity index (χ3n) is 2.74. The number of hydrogen-bond acceptors (Lipinski definition) is 3. The largest absolute Gasteiger partial charge is 0.497 e. The van der Waals surface area contributed by atoms with Crippen molar-refractivity contribution in [1.29, 1.82) is 0 Å². The van der Waals surface area contributed by atoms with E-state index < -0.39 is 11.8 Å². The zero-order valence-electron chi connectivity index (χ0n) is 10.8. The van der Waals surface area contributed by atoms with E-state index in [4.69, 9.17) is 14.6 Å². The van der Waals surface area contributed by atoms with Gasteiger partial charge in [-0.15, -0.1) is 0 Å². The number of hydrogen-bond donors (Lipinski definition) is 1. The molecule has 0 spiro atoms. The van der Waals surface area contributed by atoms with Gasteiger partial charge in [-0.2, -0.15) is 0 Å². The van der Waals surface area contributed by atoms with Crippen LogP contribution >= 0.6 is 0 Å². The van der Waals surface area contributed by atoms with Gasteiger partial charge in [-0.3, -0.25) is 0 Å². The molecule has 4 nitrogen and oxygen atoms in total. The average molecular weight is 276 g/mol. The summed E-state index contributed by atoms with van der Waals surface area (Å²) < 4.78 is 24.2. The SMILES string of the molecule is COc1cccc(OCc2ccc(C(=O)O)cc2F)c1. The molecule has 0 atom stereocenters. The molecule has 5 heteroatoms. The van der Waals surface area contributed by atoms with E-state index in [9.17, 15) is 9.18 Å². The van der Waals surface area contributed by atoms with Crippen LogP contribution in [-0.2, 0) is 6.61 Å². The minimum atomic E-state index is -1.16. The number of carboxylic acids is 1. The van der Waals surface area contributed by atoms with Gasteiger partial charge in [0, 0.05) is 11.6 Å². The molecule has 0 saturated carbocycles. The summed E-state index contributed by atoms with van der Waals surface area (Å²) in [5.74, 6) is -0.577. The summed E-state index contributed by atoms with van der Waals surface area (Å²) in [6.45, 7) is 0.0128. The van der Waals surface area contributed by atoms with Crippen molar-refractivity contribution in [2.75, 3.05) is 7.11 Å². The zero-order chi connectivity index (χ0) is 14.5. The fourth-order valence-electron chi connectivity index (χ4n) is 1.65. The highest BCUT2D eigenvalue weighted by atomic mass is 19.1. The maximum absolute atomic E-state index is 13.7. The molecule has 0 aliphatic rings. The van der Waals surface area contributed by atoms with Crippen molar-refractivity contribution >= 4 is 5.97 Å². The molecule has 0 saturated heterocycles. The molecule has 0 fully saturated rings. The number of rotatable bonds is 5. The number of methoxy groups -OCH3 is 1. The molecule has 0 unspecified atom stereocenters. The first-order valence-corrected chi connectivity index (χ1v) is 5.88. The van der Waals surface area contributed by atoms with Crippen LogP contribution in [0, 0.1) is 5.82 Å². The summed E-state index contributed by atoms with van der Waals surface area (Å²) in [4.78, 5) is 10.7. The van der Waals surface area contributed by atoms with E-state index in [1.54, 1.807) is 31.4 Å². The molecular formula is C15H13FO4. The van der Waals surface area contributed by atoms with E-state index in [0.29, 0.717) is 11.5 Å². The van der Waals surface area contributed by atoms with Crippen LogP contribution in [-0.4, -0.2) is 18.2 Å². The molecule has 0 radical (unpaired) electrons. The Morgan fingerprint density at radius 3 is 2.60 bits per heavy atom. The molecule has 2 aromatic rings. The van der Waals surface area contributed by atoms with E-state index in [0.717, 1.165) is 6.07 Å². The standard InChI is InChI=1S/C15H13FO4/c1-19-12-3-2-4-13(8-12)20-9-11-6-5-10(15(17)18)7-14(11)16/h2-8H,9H2,1H3,(H,17,18). The minimum absolute atomic E-state index is 0.0128. The Kier molecular flexibility index (Phi) is 4.20. The number of halogens is 1. The fraction of sp³-hybridized carbons (Fsp3) is 0.133. The van der Waals surface area contributed by atoms with Crippen LogP contribution in [0.25, 0.3) is 0 Å². The molecule has 0 amide bonds. The summed E-state index contributed by atoms with van der Waals surface area (Å²) in [6.07, 6.45) is 0. The highest BCUT2D eigenvalue weighted by molar-refractivity contribution is 5.87. The lowest BCUT2D eigenvalue weighted by Crippen LogP contribution is -2.02. The van der Waals surface area contributed by atoms with Crippen molar-refractivity contribution in [3.05, 3.63) is 59.4 Å². The van der Waals surface area contributed by atoms with Crippen molar-refractivity contribution in [3.8, 4) is 11.5 Å². The highest BCUT2D eigenvalue weighted by Gasteiger charge is 2.09. The second-order valence-corrected chi connectivity index (χ2v) is 4.08. The van der Waals surface area contributed by atoms with Crippen molar-refractivity contribution in [2.24, 2.45) is 0 Å².